The van der Waals surface area contributed by atoms with Crippen LogP contribution in [0.5, 0.6) is 0 Å². The van der Waals surface area contributed by atoms with Gasteiger partial charge in [-0.15, -0.1) is 0 Å². The Morgan fingerprint density at radius 2 is 1.59 bits per heavy atom. The van der Waals surface area contributed by atoms with E-state index < -0.39 is 0 Å². The van der Waals surface area contributed by atoms with Gasteiger partial charge in [-0.05, 0) is 43.5 Å². The Hall–Kier alpha value is -1.76. The Balaban J connectivity index is 1.88. The summed E-state index contributed by atoms with van der Waals surface area (Å²) in [6, 6.07) is 17.1. The molecule has 1 nitrogen and oxygen atoms in total. The van der Waals surface area contributed by atoms with Crippen molar-refractivity contribution in [1.29, 1.82) is 0 Å². The zero-order valence-corrected chi connectivity index (χ0v) is 10.5. The first-order chi connectivity index (χ1) is 8.25. The molecular weight excluding hydrogens is 206 g/mol. The third kappa shape index (κ3) is 3.35. The second-order valence-corrected chi connectivity index (χ2v) is 4.47. The molecule has 0 aliphatic heterocycles. The number of rotatable bonds is 4. The maximum Gasteiger partial charge on any atom is 0.0340 e. The van der Waals surface area contributed by atoms with Crippen LogP contribution >= 0.6 is 0 Å². The van der Waals surface area contributed by atoms with Crippen molar-refractivity contribution in [1.82, 2.24) is 0 Å². The van der Waals surface area contributed by atoms with Gasteiger partial charge in [-0.1, -0.05) is 42.0 Å². The molecule has 0 aliphatic rings. The predicted octanol–water partition coefficient (Wildman–Crippen LogP) is 3.96. The van der Waals surface area contributed by atoms with E-state index in [1.807, 2.05) is 0 Å². The number of hydrogen-bond acceptors (Lipinski definition) is 1. The number of benzene rings is 2. The van der Waals surface area contributed by atoms with Gasteiger partial charge in [0.15, 0.2) is 0 Å². The minimum absolute atomic E-state index is 0.980. The Morgan fingerprint density at radius 3 is 2.29 bits per heavy atom. The van der Waals surface area contributed by atoms with Crippen LogP contribution in [0.1, 0.15) is 16.7 Å². The number of nitrogens with one attached hydrogen (secondary N) is 1. The van der Waals surface area contributed by atoms with Crippen LogP contribution in [0.4, 0.5) is 5.69 Å². The maximum atomic E-state index is 3.45. The summed E-state index contributed by atoms with van der Waals surface area (Å²) in [6.45, 7) is 5.26. The molecule has 0 fully saturated rings. The number of aryl methyl sites for hydroxylation is 2. The highest BCUT2D eigenvalue weighted by atomic mass is 14.9. The fraction of sp³-hybridized carbons (Fsp3) is 0.250. The second-order valence-electron chi connectivity index (χ2n) is 4.47. The average Bonchev–Trinajstić information content (AvgIpc) is 2.34. The lowest BCUT2D eigenvalue weighted by Crippen LogP contribution is -2.05. The van der Waals surface area contributed by atoms with E-state index in [0.29, 0.717) is 0 Å². The molecule has 0 spiro atoms. The van der Waals surface area contributed by atoms with Crippen LogP contribution in [0.25, 0.3) is 0 Å². The summed E-state index contributed by atoms with van der Waals surface area (Å²) in [5.41, 5.74) is 5.30. The van der Waals surface area contributed by atoms with E-state index in [1.54, 1.807) is 0 Å². The van der Waals surface area contributed by atoms with Gasteiger partial charge in [0.05, 0.1) is 0 Å². The molecule has 0 aromatic heterocycles. The van der Waals surface area contributed by atoms with Crippen LogP contribution in [-0.2, 0) is 6.42 Å². The quantitative estimate of drug-likeness (QED) is 0.830. The summed E-state index contributed by atoms with van der Waals surface area (Å²) in [5.74, 6) is 0. The first-order valence-electron chi connectivity index (χ1n) is 6.11. The topological polar surface area (TPSA) is 12.0 Å². The molecule has 2 aromatic rings. The SMILES string of the molecule is Cc1ccc(NCCc2ccccc2C)cc1. The Kier molecular flexibility index (Phi) is 3.81. The molecule has 0 amide bonds. The largest absolute Gasteiger partial charge is 0.385 e. The lowest BCUT2D eigenvalue weighted by molar-refractivity contribution is 1.01. The van der Waals surface area contributed by atoms with Crippen molar-refractivity contribution in [2.75, 3.05) is 11.9 Å². The first kappa shape index (κ1) is 11.7. The predicted molar refractivity (Wildman–Crippen MR) is 74.6 cm³/mol. The molecule has 1 heteroatoms. The molecule has 0 atom stereocenters. The van der Waals surface area contributed by atoms with Gasteiger partial charge < -0.3 is 5.32 Å². The van der Waals surface area contributed by atoms with Gasteiger partial charge in [0.2, 0.25) is 0 Å². The molecule has 17 heavy (non-hydrogen) atoms. The second kappa shape index (κ2) is 5.53. The van der Waals surface area contributed by atoms with E-state index in [1.165, 1.54) is 22.4 Å². The molecule has 2 rings (SSSR count). The Morgan fingerprint density at radius 1 is 0.882 bits per heavy atom. The van der Waals surface area contributed by atoms with Crippen molar-refractivity contribution >= 4 is 5.69 Å². The Bertz CT molecular complexity index is 471. The van der Waals surface area contributed by atoms with Crippen LogP contribution in [0.3, 0.4) is 0 Å². The molecule has 0 radical (unpaired) electrons. The number of anilines is 1. The molecule has 0 saturated heterocycles. The summed E-state index contributed by atoms with van der Waals surface area (Å²) in [4.78, 5) is 0. The van der Waals surface area contributed by atoms with Gasteiger partial charge in [-0.3, -0.25) is 0 Å². The smallest absolute Gasteiger partial charge is 0.0340 e. The van der Waals surface area contributed by atoms with Crippen molar-refractivity contribution in [3.63, 3.8) is 0 Å². The Labute approximate surface area is 103 Å². The molecule has 0 unspecified atom stereocenters. The summed E-state index contributed by atoms with van der Waals surface area (Å²) in [7, 11) is 0. The highest BCUT2D eigenvalue weighted by molar-refractivity contribution is 5.44. The molecule has 0 saturated carbocycles. The number of hydrogen-bond donors (Lipinski definition) is 1. The summed E-state index contributed by atoms with van der Waals surface area (Å²) < 4.78 is 0. The van der Waals surface area contributed by atoms with Crippen molar-refractivity contribution in [2.24, 2.45) is 0 Å². The molecule has 0 bridgehead atoms. The fourth-order valence-corrected chi connectivity index (χ4v) is 1.90. The molecule has 1 N–H and O–H groups in total. The van der Waals surface area contributed by atoms with Crippen LogP contribution in [0.2, 0.25) is 0 Å². The van der Waals surface area contributed by atoms with Crippen molar-refractivity contribution < 1.29 is 0 Å². The minimum atomic E-state index is 0.980. The highest BCUT2D eigenvalue weighted by Gasteiger charge is 1.96. The van der Waals surface area contributed by atoms with Gasteiger partial charge in [-0.2, -0.15) is 0 Å². The molecule has 88 valence electrons. The van der Waals surface area contributed by atoms with E-state index in [0.717, 1.165) is 13.0 Å². The van der Waals surface area contributed by atoms with Crippen molar-refractivity contribution in [3.8, 4) is 0 Å². The van der Waals surface area contributed by atoms with Crippen molar-refractivity contribution in [3.05, 3.63) is 65.2 Å². The van der Waals surface area contributed by atoms with E-state index >= 15 is 0 Å². The van der Waals surface area contributed by atoms with Crippen LogP contribution in [-0.4, -0.2) is 6.54 Å². The van der Waals surface area contributed by atoms with Gasteiger partial charge in [-0.25, -0.2) is 0 Å². The molecule has 2 aromatic carbocycles. The van der Waals surface area contributed by atoms with Crippen molar-refractivity contribution in [2.45, 2.75) is 20.3 Å². The molecule has 0 heterocycles. The third-order valence-corrected chi connectivity index (χ3v) is 3.04. The summed E-state index contributed by atoms with van der Waals surface area (Å²) >= 11 is 0. The summed E-state index contributed by atoms with van der Waals surface area (Å²) in [6.07, 6.45) is 1.07. The van der Waals surface area contributed by atoms with E-state index in [4.69, 9.17) is 0 Å². The molecule has 0 aliphatic carbocycles. The van der Waals surface area contributed by atoms with Gasteiger partial charge in [0, 0.05) is 12.2 Å². The third-order valence-electron chi connectivity index (χ3n) is 3.04. The normalized spacial score (nSPS) is 10.2. The molecular formula is C16H19N. The first-order valence-corrected chi connectivity index (χ1v) is 6.11. The van der Waals surface area contributed by atoms with E-state index in [9.17, 15) is 0 Å². The minimum Gasteiger partial charge on any atom is -0.385 e. The van der Waals surface area contributed by atoms with E-state index in [-0.39, 0.29) is 0 Å². The van der Waals surface area contributed by atoms with Gasteiger partial charge in [0.25, 0.3) is 0 Å². The zero-order valence-electron chi connectivity index (χ0n) is 10.5. The summed E-state index contributed by atoms with van der Waals surface area (Å²) in [5, 5.41) is 3.45. The zero-order chi connectivity index (χ0) is 12.1. The van der Waals surface area contributed by atoms with Gasteiger partial charge in [0.1, 0.15) is 0 Å². The standard InChI is InChI=1S/C16H19N/c1-13-7-9-16(10-8-13)17-12-11-15-6-4-3-5-14(15)2/h3-10,17H,11-12H2,1-2H3. The van der Waals surface area contributed by atoms with E-state index in [2.05, 4.69) is 67.7 Å². The average molecular weight is 225 g/mol. The fourth-order valence-electron chi connectivity index (χ4n) is 1.90. The monoisotopic (exact) mass is 225 g/mol. The van der Waals surface area contributed by atoms with Crippen LogP contribution < -0.4 is 5.32 Å². The highest BCUT2D eigenvalue weighted by Crippen LogP contribution is 2.10. The lowest BCUT2D eigenvalue weighted by Gasteiger charge is -2.08. The van der Waals surface area contributed by atoms with Gasteiger partial charge >= 0.3 is 0 Å². The lowest BCUT2D eigenvalue weighted by atomic mass is 10.1. The maximum absolute atomic E-state index is 3.45. The van der Waals surface area contributed by atoms with Crippen LogP contribution in [0, 0.1) is 13.8 Å². The van der Waals surface area contributed by atoms with Crippen LogP contribution in [0.15, 0.2) is 48.5 Å².